The number of likely N-dealkylation sites (N-methyl/N-ethyl adjacent to an activating group) is 1. The Morgan fingerprint density at radius 2 is 2.29 bits per heavy atom. The number of hydrogen-bond donors (Lipinski definition) is 3. The van der Waals surface area contributed by atoms with E-state index in [4.69, 9.17) is 9.57 Å². The summed E-state index contributed by atoms with van der Waals surface area (Å²) in [4.78, 5) is 33.5. The maximum Gasteiger partial charge on any atom is 0.413 e. The molecule has 2 amide bonds. The topological polar surface area (TPSA) is 95.7 Å². The van der Waals surface area contributed by atoms with E-state index in [1.807, 2.05) is 32.4 Å². The van der Waals surface area contributed by atoms with Crippen LogP contribution in [0.2, 0.25) is 0 Å². The number of H-pyrrole nitrogens is 1. The fourth-order valence-electron chi connectivity index (χ4n) is 2.57. The summed E-state index contributed by atoms with van der Waals surface area (Å²) in [7, 11) is 4.02. The molecule has 1 unspecified atom stereocenters. The number of rotatable bonds is 5. The maximum atomic E-state index is 12.1. The first-order chi connectivity index (χ1) is 11.5. The first-order valence-corrected chi connectivity index (χ1v) is 7.68. The highest BCUT2D eigenvalue weighted by molar-refractivity contribution is 5.92. The van der Waals surface area contributed by atoms with E-state index in [0.717, 1.165) is 29.4 Å². The molecule has 128 valence electrons. The minimum atomic E-state index is -0.740. The second kappa shape index (κ2) is 6.90. The molecule has 1 aliphatic rings. The Hall–Kier alpha value is -2.58. The molecule has 1 aromatic carbocycles. The van der Waals surface area contributed by atoms with Crippen LogP contribution in [0.4, 0.5) is 4.79 Å². The molecule has 1 saturated heterocycles. The number of aromatic nitrogens is 1. The van der Waals surface area contributed by atoms with E-state index in [0.29, 0.717) is 5.75 Å². The Kier molecular flexibility index (Phi) is 4.68. The number of nitrogens with one attached hydrogen (secondary N) is 3. The fourth-order valence-corrected chi connectivity index (χ4v) is 2.57. The molecule has 1 fully saturated rings. The predicted octanol–water partition coefficient (Wildman–Crippen LogP) is 0.790. The Morgan fingerprint density at radius 3 is 3.00 bits per heavy atom. The molecule has 2 heterocycles. The van der Waals surface area contributed by atoms with Crippen molar-refractivity contribution in [2.45, 2.75) is 12.5 Å². The van der Waals surface area contributed by atoms with Gasteiger partial charge in [-0.25, -0.2) is 10.3 Å². The van der Waals surface area contributed by atoms with Crippen LogP contribution in [0.1, 0.15) is 5.56 Å². The maximum absolute atomic E-state index is 12.1. The average molecular weight is 332 g/mol. The van der Waals surface area contributed by atoms with Crippen molar-refractivity contribution in [1.29, 1.82) is 0 Å². The van der Waals surface area contributed by atoms with Gasteiger partial charge in [0, 0.05) is 23.6 Å². The predicted molar refractivity (Wildman–Crippen MR) is 87.6 cm³/mol. The normalized spacial score (nSPS) is 17.3. The van der Waals surface area contributed by atoms with Gasteiger partial charge >= 0.3 is 6.09 Å². The monoisotopic (exact) mass is 332 g/mol. The molecule has 1 atom stereocenters. The molecule has 24 heavy (non-hydrogen) atoms. The van der Waals surface area contributed by atoms with Crippen LogP contribution in [0.25, 0.3) is 10.9 Å². The number of carbonyl (C=O) groups is 2. The summed E-state index contributed by atoms with van der Waals surface area (Å²) >= 11 is 0. The van der Waals surface area contributed by atoms with Gasteiger partial charge in [-0.05, 0) is 38.2 Å². The summed E-state index contributed by atoms with van der Waals surface area (Å²) in [6.45, 7) is 0.962. The van der Waals surface area contributed by atoms with Crippen molar-refractivity contribution in [2.24, 2.45) is 0 Å². The average Bonchev–Trinajstić information content (AvgIpc) is 3.12. The van der Waals surface area contributed by atoms with Crippen molar-refractivity contribution in [3.05, 3.63) is 30.0 Å². The second-order valence-corrected chi connectivity index (χ2v) is 5.91. The Labute approximate surface area is 139 Å². The van der Waals surface area contributed by atoms with Crippen LogP contribution in [0.5, 0.6) is 5.75 Å². The van der Waals surface area contributed by atoms with Crippen molar-refractivity contribution < 1.29 is 19.2 Å². The summed E-state index contributed by atoms with van der Waals surface area (Å²) < 4.78 is 5.42. The summed E-state index contributed by atoms with van der Waals surface area (Å²) in [6, 6.07) is 4.73. The van der Waals surface area contributed by atoms with Gasteiger partial charge in [-0.2, -0.15) is 0 Å². The molecule has 2 aromatic rings. The van der Waals surface area contributed by atoms with Crippen LogP contribution in [-0.2, 0) is 16.1 Å². The van der Waals surface area contributed by atoms with Crippen molar-refractivity contribution in [1.82, 2.24) is 20.7 Å². The van der Waals surface area contributed by atoms with Crippen LogP contribution in [-0.4, -0.2) is 55.2 Å². The lowest BCUT2D eigenvalue weighted by Crippen LogP contribution is -2.43. The van der Waals surface area contributed by atoms with E-state index in [1.54, 1.807) is 6.07 Å². The van der Waals surface area contributed by atoms with Gasteiger partial charge in [0.05, 0.1) is 0 Å². The number of ether oxygens (including phenoxy) is 1. The third-order valence-electron chi connectivity index (χ3n) is 3.81. The lowest BCUT2D eigenvalue weighted by atomic mass is 10.1. The van der Waals surface area contributed by atoms with E-state index < -0.39 is 18.0 Å². The number of aromatic amines is 1. The standard InChI is InChI=1S/C16H20N4O4/c1-20(2)7-6-10-8-17-11-4-3-5-13(14(10)11)24-16(22)18-12-9-23-19-15(12)21/h3-5,8,12,17H,6-7,9H2,1-2H3,(H,18,22)(H,19,21). The highest BCUT2D eigenvalue weighted by Crippen LogP contribution is 2.29. The molecule has 1 aliphatic heterocycles. The molecule has 1 aromatic heterocycles. The minimum Gasteiger partial charge on any atom is -0.410 e. The highest BCUT2D eigenvalue weighted by atomic mass is 16.7. The molecule has 0 saturated carbocycles. The molecule has 3 rings (SSSR count). The van der Waals surface area contributed by atoms with E-state index in [9.17, 15) is 9.59 Å². The molecule has 3 N–H and O–H groups in total. The largest absolute Gasteiger partial charge is 0.413 e. The lowest BCUT2D eigenvalue weighted by molar-refractivity contribution is -0.125. The van der Waals surface area contributed by atoms with Gasteiger partial charge in [-0.3, -0.25) is 9.63 Å². The molecule has 8 nitrogen and oxygen atoms in total. The third-order valence-corrected chi connectivity index (χ3v) is 3.81. The molecular formula is C16H20N4O4. The van der Waals surface area contributed by atoms with Gasteiger partial charge in [0.2, 0.25) is 0 Å². The van der Waals surface area contributed by atoms with Crippen molar-refractivity contribution in [3.63, 3.8) is 0 Å². The first kappa shape index (κ1) is 16.3. The molecular weight excluding hydrogens is 312 g/mol. The smallest absolute Gasteiger partial charge is 0.410 e. The second-order valence-electron chi connectivity index (χ2n) is 5.91. The van der Waals surface area contributed by atoms with E-state index in [2.05, 4.69) is 20.7 Å². The van der Waals surface area contributed by atoms with Crippen molar-refractivity contribution in [2.75, 3.05) is 27.2 Å². The van der Waals surface area contributed by atoms with Gasteiger partial charge in [0.1, 0.15) is 18.4 Å². The molecule has 8 heteroatoms. The van der Waals surface area contributed by atoms with Crippen LogP contribution in [0.15, 0.2) is 24.4 Å². The van der Waals surface area contributed by atoms with E-state index in [-0.39, 0.29) is 6.61 Å². The zero-order valence-electron chi connectivity index (χ0n) is 13.6. The van der Waals surface area contributed by atoms with Crippen molar-refractivity contribution >= 4 is 22.9 Å². The summed E-state index contributed by atoms with van der Waals surface area (Å²) in [6.07, 6.45) is 2.07. The Balaban J connectivity index is 1.77. The number of fused-ring (bicyclic) bond motifs is 1. The number of amides is 2. The van der Waals surface area contributed by atoms with Crippen LogP contribution in [0.3, 0.4) is 0 Å². The minimum absolute atomic E-state index is 0.0797. The molecule has 0 aliphatic carbocycles. The summed E-state index contributed by atoms with van der Waals surface area (Å²) in [5.74, 6) is 0.0674. The number of benzene rings is 1. The van der Waals surface area contributed by atoms with Gasteiger partial charge in [0.15, 0.2) is 0 Å². The lowest BCUT2D eigenvalue weighted by Gasteiger charge is -2.12. The summed E-state index contributed by atoms with van der Waals surface area (Å²) in [5, 5.41) is 3.36. The van der Waals surface area contributed by atoms with E-state index in [1.165, 1.54) is 0 Å². The number of hydrogen-bond acceptors (Lipinski definition) is 5. The van der Waals surface area contributed by atoms with Crippen LogP contribution in [0, 0.1) is 0 Å². The van der Waals surface area contributed by atoms with Crippen molar-refractivity contribution in [3.8, 4) is 5.75 Å². The van der Waals surface area contributed by atoms with Gasteiger partial charge < -0.3 is 19.9 Å². The van der Waals surface area contributed by atoms with E-state index >= 15 is 0 Å². The SMILES string of the molecule is CN(C)CCc1c[nH]c2cccc(OC(=O)NC3CONC3=O)c12. The fraction of sp³-hybridized carbons (Fsp3) is 0.375. The zero-order valence-corrected chi connectivity index (χ0v) is 13.6. The molecule has 0 radical (unpaired) electrons. The number of nitrogens with zero attached hydrogens (tertiary/aromatic N) is 1. The number of hydroxylamine groups is 1. The quantitative estimate of drug-likeness (QED) is 0.752. The summed E-state index contributed by atoms with van der Waals surface area (Å²) in [5.41, 5.74) is 4.15. The Bertz CT molecular complexity index is 756. The van der Waals surface area contributed by atoms with Crippen LogP contribution >= 0.6 is 0 Å². The first-order valence-electron chi connectivity index (χ1n) is 7.68. The molecule has 0 bridgehead atoms. The van der Waals surface area contributed by atoms with Gasteiger partial charge in [0.25, 0.3) is 5.91 Å². The third kappa shape index (κ3) is 3.50. The van der Waals surface area contributed by atoms with Gasteiger partial charge in [-0.1, -0.05) is 6.07 Å². The van der Waals surface area contributed by atoms with Gasteiger partial charge in [-0.15, -0.1) is 0 Å². The molecule has 0 spiro atoms. The Morgan fingerprint density at radius 1 is 1.46 bits per heavy atom. The zero-order chi connectivity index (χ0) is 17.1. The highest BCUT2D eigenvalue weighted by Gasteiger charge is 2.28. The number of carbonyl (C=O) groups excluding carboxylic acids is 2. The van der Waals surface area contributed by atoms with Crippen LogP contribution < -0.4 is 15.5 Å².